The maximum absolute atomic E-state index is 5.64. The SMILES string of the molecule is CCNC(=NCC1(CCOCC)CCCC1)NCC(c1cccs1)N(C)C. The van der Waals surface area contributed by atoms with E-state index in [2.05, 4.69) is 61.0 Å². The molecule has 2 rings (SSSR count). The zero-order valence-corrected chi connectivity index (χ0v) is 18.4. The van der Waals surface area contributed by atoms with Crippen LogP contribution in [0.25, 0.3) is 0 Å². The van der Waals surface area contributed by atoms with Crippen LogP contribution in [0.1, 0.15) is 56.9 Å². The summed E-state index contributed by atoms with van der Waals surface area (Å²) in [6, 6.07) is 4.69. The molecular weight excluding hydrogens is 356 g/mol. The zero-order valence-electron chi connectivity index (χ0n) is 17.6. The number of likely N-dealkylation sites (N-methyl/N-ethyl adjacent to an activating group) is 1. The van der Waals surface area contributed by atoms with E-state index in [1.165, 1.54) is 30.6 Å². The van der Waals surface area contributed by atoms with Gasteiger partial charge in [-0.15, -0.1) is 11.3 Å². The number of ether oxygens (including phenoxy) is 1. The Balaban J connectivity index is 1.97. The molecule has 1 unspecified atom stereocenters. The largest absolute Gasteiger partial charge is 0.382 e. The van der Waals surface area contributed by atoms with E-state index in [4.69, 9.17) is 9.73 Å². The first kappa shape index (κ1) is 22.2. The molecule has 0 aromatic carbocycles. The van der Waals surface area contributed by atoms with Gasteiger partial charge in [-0.1, -0.05) is 18.9 Å². The van der Waals surface area contributed by atoms with Crippen LogP contribution in [-0.4, -0.2) is 57.8 Å². The summed E-state index contributed by atoms with van der Waals surface area (Å²) in [6.45, 7) is 8.48. The fraction of sp³-hybridized carbons (Fsp3) is 0.762. The quantitative estimate of drug-likeness (QED) is 0.340. The van der Waals surface area contributed by atoms with Crippen LogP contribution < -0.4 is 10.6 Å². The third-order valence-electron chi connectivity index (χ3n) is 5.52. The second-order valence-electron chi connectivity index (χ2n) is 7.72. The van der Waals surface area contributed by atoms with Gasteiger partial charge < -0.3 is 20.3 Å². The van der Waals surface area contributed by atoms with Crippen LogP contribution in [0.5, 0.6) is 0 Å². The first-order chi connectivity index (χ1) is 13.1. The van der Waals surface area contributed by atoms with Gasteiger partial charge in [0.1, 0.15) is 0 Å². The molecule has 0 radical (unpaired) electrons. The standard InChI is InChI=1S/C21H38N4OS/c1-5-22-20(23-16-18(25(3)4)19-10-9-15-27-19)24-17-21(11-7-8-12-21)13-14-26-6-2/h9-10,15,18H,5-8,11-14,16-17H2,1-4H3,(H2,22,23,24). The van der Waals surface area contributed by atoms with Crippen LogP contribution in [0.2, 0.25) is 0 Å². The van der Waals surface area contributed by atoms with Crippen molar-refractivity contribution in [2.75, 3.05) is 46.9 Å². The molecule has 5 nitrogen and oxygen atoms in total. The van der Waals surface area contributed by atoms with Gasteiger partial charge in [-0.3, -0.25) is 4.99 Å². The first-order valence-electron chi connectivity index (χ1n) is 10.4. The fourth-order valence-electron chi connectivity index (χ4n) is 3.85. The van der Waals surface area contributed by atoms with Crippen molar-refractivity contribution >= 4 is 17.3 Å². The summed E-state index contributed by atoms with van der Waals surface area (Å²) >= 11 is 1.81. The van der Waals surface area contributed by atoms with Crippen molar-refractivity contribution in [3.05, 3.63) is 22.4 Å². The lowest BCUT2D eigenvalue weighted by molar-refractivity contribution is 0.107. The molecule has 1 aliphatic rings. The van der Waals surface area contributed by atoms with Crippen molar-refractivity contribution in [2.24, 2.45) is 10.4 Å². The summed E-state index contributed by atoms with van der Waals surface area (Å²) < 4.78 is 5.64. The van der Waals surface area contributed by atoms with E-state index in [9.17, 15) is 0 Å². The van der Waals surface area contributed by atoms with Crippen LogP contribution in [0.4, 0.5) is 0 Å². The number of rotatable bonds is 11. The lowest BCUT2D eigenvalue weighted by atomic mass is 9.83. The highest BCUT2D eigenvalue weighted by Crippen LogP contribution is 2.41. The van der Waals surface area contributed by atoms with Crippen LogP contribution in [0, 0.1) is 5.41 Å². The van der Waals surface area contributed by atoms with Crippen LogP contribution in [0.15, 0.2) is 22.5 Å². The highest BCUT2D eigenvalue weighted by molar-refractivity contribution is 7.10. The lowest BCUT2D eigenvalue weighted by Crippen LogP contribution is -2.42. The first-order valence-corrected chi connectivity index (χ1v) is 11.3. The Kier molecular flexibility index (Phi) is 9.59. The van der Waals surface area contributed by atoms with Gasteiger partial charge >= 0.3 is 0 Å². The highest BCUT2D eigenvalue weighted by atomic mass is 32.1. The van der Waals surface area contributed by atoms with Gasteiger partial charge in [-0.2, -0.15) is 0 Å². The Morgan fingerprint density at radius 3 is 2.67 bits per heavy atom. The molecule has 0 amide bonds. The van der Waals surface area contributed by atoms with E-state index in [1.807, 2.05) is 11.3 Å². The van der Waals surface area contributed by atoms with Gasteiger partial charge in [0.2, 0.25) is 0 Å². The normalized spacial score (nSPS) is 18.0. The van der Waals surface area contributed by atoms with Crippen molar-refractivity contribution in [1.82, 2.24) is 15.5 Å². The van der Waals surface area contributed by atoms with Crippen molar-refractivity contribution in [3.8, 4) is 0 Å². The number of hydrogen-bond acceptors (Lipinski definition) is 4. The highest BCUT2D eigenvalue weighted by Gasteiger charge is 2.33. The van der Waals surface area contributed by atoms with Crippen molar-refractivity contribution in [1.29, 1.82) is 0 Å². The summed E-state index contributed by atoms with van der Waals surface area (Å²) in [7, 11) is 4.27. The van der Waals surface area contributed by atoms with Gasteiger partial charge in [0.05, 0.1) is 6.04 Å². The van der Waals surface area contributed by atoms with Gasteiger partial charge in [0.15, 0.2) is 5.96 Å². The number of hydrogen-bond donors (Lipinski definition) is 2. The number of nitrogens with zero attached hydrogens (tertiary/aromatic N) is 2. The minimum Gasteiger partial charge on any atom is -0.382 e. The van der Waals surface area contributed by atoms with Gasteiger partial charge in [-0.25, -0.2) is 0 Å². The maximum Gasteiger partial charge on any atom is 0.191 e. The van der Waals surface area contributed by atoms with E-state index >= 15 is 0 Å². The molecule has 27 heavy (non-hydrogen) atoms. The molecule has 1 fully saturated rings. The fourth-order valence-corrected chi connectivity index (χ4v) is 4.77. The number of guanidine groups is 1. The Morgan fingerprint density at radius 1 is 1.30 bits per heavy atom. The minimum atomic E-state index is 0.326. The van der Waals surface area contributed by atoms with Crippen LogP contribution in [-0.2, 0) is 4.74 Å². The average molecular weight is 395 g/mol. The molecular formula is C21H38N4OS. The molecule has 0 bridgehead atoms. The predicted octanol–water partition coefficient (Wildman–Crippen LogP) is 3.89. The number of aliphatic imine (C=N–C) groups is 1. The monoisotopic (exact) mass is 394 g/mol. The third-order valence-corrected chi connectivity index (χ3v) is 6.49. The molecule has 0 saturated heterocycles. The van der Waals surface area contributed by atoms with Crippen molar-refractivity contribution in [3.63, 3.8) is 0 Å². The smallest absolute Gasteiger partial charge is 0.191 e. The second kappa shape index (κ2) is 11.7. The molecule has 6 heteroatoms. The molecule has 1 saturated carbocycles. The molecule has 154 valence electrons. The average Bonchev–Trinajstić information content (AvgIpc) is 3.32. The third kappa shape index (κ3) is 7.09. The Labute approximate surface area is 169 Å². The topological polar surface area (TPSA) is 48.9 Å². The number of nitrogens with one attached hydrogen (secondary N) is 2. The Bertz CT molecular complexity index is 538. The molecule has 1 atom stereocenters. The van der Waals surface area contributed by atoms with Crippen molar-refractivity contribution < 1.29 is 4.74 Å². The predicted molar refractivity (Wildman–Crippen MR) is 117 cm³/mol. The molecule has 1 aliphatic carbocycles. The van der Waals surface area contributed by atoms with Gasteiger partial charge in [-0.05, 0) is 64.1 Å². The summed E-state index contributed by atoms with van der Waals surface area (Å²) in [6.07, 6.45) is 6.33. The van der Waals surface area contributed by atoms with E-state index in [1.54, 1.807) is 0 Å². The lowest BCUT2D eigenvalue weighted by Gasteiger charge is -2.28. The van der Waals surface area contributed by atoms with Gasteiger partial charge in [0, 0.05) is 37.7 Å². The van der Waals surface area contributed by atoms with Crippen molar-refractivity contribution in [2.45, 2.75) is 52.0 Å². The van der Waals surface area contributed by atoms with E-state index in [0.717, 1.165) is 45.2 Å². The summed E-state index contributed by atoms with van der Waals surface area (Å²) in [5.41, 5.74) is 0.326. The van der Waals surface area contributed by atoms with E-state index in [0.29, 0.717) is 11.5 Å². The maximum atomic E-state index is 5.64. The van der Waals surface area contributed by atoms with Gasteiger partial charge in [0.25, 0.3) is 0 Å². The molecule has 0 aliphatic heterocycles. The summed E-state index contributed by atoms with van der Waals surface area (Å²) in [5.74, 6) is 0.934. The molecule has 2 N–H and O–H groups in total. The van der Waals surface area contributed by atoms with E-state index < -0.39 is 0 Å². The number of thiophene rings is 1. The van der Waals surface area contributed by atoms with Crippen LogP contribution >= 0.6 is 11.3 Å². The molecule has 0 spiro atoms. The van der Waals surface area contributed by atoms with Crippen LogP contribution in [0.3, 0.4) is 0 Å². The Hall–Kier alpha value is -1.11. The molecule has 1 aromatic heterocycles. The Morgan fingerprint density at radius 2 is 2.07 bits per heavy atom. The minimum absolute atomic E-state index is 0.326. The van der Waals surface area contributed by atoms with E-state index in [-0.39, 0.29) is 0 Å². The zero-order chi connectivity index (χ0) is 19.5. The summed E-state index contributed by atoms with van der Waals surface area (Å²) in [4.78, 5) is 8.63. The second-order valence-corrected chi connectivity index (χ2v) is 8.70. The summed E-state index contributed by atoms with van der Waals surface area (Å²) in [5, 5.41) is 9.14. The molecule has 1 aromatic rings. The molecule has 1 heterocycles.